The predicted molar refractivity (Wildman–Crippen MR) is 85.5 cm³/mol. The summed E-state index contributed by atoms with van der Waals surface area (Å²) in [6, 6.07) is 5.15. The number of carbonyl (C=O) groups is 1. The molecule has 3 rings (SSSR count). The maximum absolute atomic E-state index is 12.3. The lowest BCUT2D eigenvalue weighted by Gasteiger charge is -2.13. The maximum atomic E-state index is 12.3. The molecule has 0 saturated carbocycles. The van der Waals surface area contributed by atoms with Crippen LogP contribution in [0.25, 0.3) is 0 Å². The van der Waals surface area contributed by atoms with Crippen LogP contribution >= 0.6 is 23.2 Å². The van der Waals surface area contributed by atoms with E-state index in [1.165, 1.54) is 0 Å². The van der Waals surface area contributed by atoms with Crippen LogP contribution in [0.15, 0.2) is 30.6 Å². The fourth-order valence-electron chi connectivity index (χ4n) is 2.54. The summed E-state index contributed by atoms with van der Waals surface area (Å²) in [6.07, 6.45) is 3.55. The smallest absolute Gasteiger partial charge is 0.225 e. The summed E-state index contributed by atoms with van der Waals surface area (Å²) in [5.41, 5.74) is 2.64. The molecule has 2 aromatic rings. The number of rotatable bonds is 3. The SMILES string of the molecule is Cc1cc(Cl)cc(Cl)c1CC(=O)NC1COc2cnccc21. The Hall–Kier alpha value is -1.78. The lowest BCUT2D eigenvalue weighted by molar-refractivity contribution is -0.121. The molecule has 1 unspecified atom stereocenters. The van der Waals surface area contributed by atoms with Crippen molar-refractivity contribution in [2.24, 2.45) is 0 Å². The highest BCUT2D eigenvalue weighted by Crippen LogP contribution is 2.31. The molecule has 22 heavy (non-hydrogen) atoms. The van der Waals surface area contributed by atoms with Crippen molar-refractivity contribution in [3.05, 3.63) is 57.3 Å². The molecule has 0 saturated heterocycles. The van der Waals surface area contributed by atoms with Crippen molar-refractivity contribution in [2.45, 2.75) is 19.4 Å². The van der Waals surface area contributed by atoms with E-state index in [-0.39, 0.29) is 18.4 Å². The van der Waals surface area contributed by atoms with Crippen LogP contribution in [0, 0.1) is 6.92 Å². The van der Waals surface area contributed by atoms with Gasteiger partial charge in [-0.25, -0.2) is 0 Å². The molecule has 4 nitrogen and oxygen atoms in total. The number of hydrogen-bond acceptors (Lipinski definition) is 3. The van der Waals surface area contributed by atoms with Gasteiger partial charge in [0.15, 0.2) is 0 Å². The molecule has 114 valence electrons. The van der Waals surface area contributed by atoms with E-state index < -0.39 is 0 Å². The van der Waals surface area contributed by atoms with E-state index in [1.54, 1.807) is 24.5 Å². The fourth-order valence-corrected chi connectivity index (χ4v) is 3.21. The van der Waals surface area contributed by atoms with Crippen molar-refractivity contribution in [2.75, 3.05) is 6.61 Å². The van der Waals surface area contributed by atoms with E-state index in [2.05, 4.69) is 10.3 Å². The predicted octanol–water partition coefficient (Wildman–Crippen LogP) is 3.49. The Kier molecular flexibility index (Phi) is 4.23. The minimum atomic E-state index is -0.156. The molecule has 2 heterocycles. The average Bonchev–Trinajstić information content (AvgIpc) is 2.86. The van der Waals surface area contributed by atoms with E-state index in [0.29, 0.717) is 22.4 Å². The van der Waals surface area contributed by atoms with Gasteiger partial charge < -0.3 is 10.1 Å². The Morgan fingerprint density at radius 3 is 3.05 bits per heavy atom. The largest absolute Gasteiger partial charge is 0.489 e. The lowest BCUT2D eigenvalue weighted by Crippen LogP contribution is -2.30. The number of amides is 1. The minimum absolute atomic E-state index is 0.106. The number of benzene rings is 1. The molecule has 0 bridgehead atoms. The van der Waals surface area contributed by atoms with Crippen LogP contribution in [0.2, 0.25) is 10.0 Å². The van der Waals surface area contributed by atoms with Crippen LogP contribution < -0.4 is 10.1 Å². The molecular formula is C16H14Cl2N2O2. The van der Waals surface area contributed by atoms with Crippen molar-refractivity contribution in [1.29, 1.82) is 0 Å². The van der Waals surface area contributed by atoms with Crippen molar-refractivity contribution < 1.29 is 9.53 Å². The molecule has 1 aliphatic rings. The fraction of sp³-hybridized carbons (Fsp3) is 0.250. The molecule has 1 amide bonds. The first-order valence-electron chi connectivity index (χ1n) is 6.85. The third-order valence-corrected chi connectivity index (χ3v) is 4.21. The number of fused-ring (bicyclic) bond motifs is 1. The number of hydrogen-bond donors (Lipinski definition) is 1. The van der Waals surface area contributed by atoms with Gasteiger partial charge in [-0.2, -0.15) is 0 Å². The second-order valence-corrected chi connectivity index (χ2v) is 6.05. The molecule has 0 radical (unpaired) electrons. The summed E-state index contributed by atoms with van der Waals surface area (Å²) < 4.78 is 5.50. The average molecular weight is 337 g/mol. The topological polar surface area (TPSA) is 51.2 Å². The second kappa shape index (κ2) is 6.15. The van der Waals surface area contributed by atoms with Crippen molar-refractivity contribution in [3.8, 4) is 5.75 Å². The van der Waals surface area contributed by atoms with Gasteiger partial charge in [0.2, 0.25) is 5.91 Å². The van der Waals surface area contributed by atoms with Gasteiger partial charge in [-0.05, 0) is 36.2 Å². The highest BCUT2D eigenvalue weighted by molar-refractivity contribution is 6.35. The van der Waals surface area contributed by atoms with Gasteiger partial charge in [-0.3, -0.25) is 9.78 Å². The molecule has 1 aromatic carbocycles. The molecule has 1 aromatic heterocycles. The number of carbonyl (C=O) groups excluding carboxylic acids is 1. The zero-order valence-corrected chi connectivity index (χ0v) is 13.4. The lowest BCUT2D eigenvalue weighted by atomic mass is 10.0. The number of pyridine rings is 1. The van der Waals surface area contributed by atoms with Gasteiger partial charge in [0.25, 0.3) is 0 Å². The number of aryl methyl sites for hydroxylation is 1. The normalized spacial score (nSPS) is 16.0. The van der Waals surface area contributed by atoms with Crippen LogP contribution in [-0.4, -0.2) is 17.5 Å². The van der Waals surface area contributed by atoms with Crippen LogP contribution in [0.4, 0.5) is 0 Å². The molecule has 0 spiro atoms. The molecular weight excluding hydrogens is 323 g/mol. The van der Waals surface area contributed by atoms with Gasteiger partial charge in [0.1, 0.15) is 12.4 Å². The first kappa shape index (κ1) is 15.1. The first-order chi connectivity index (χ1) is 10.5. The summed E-state index contributed by atoms with van der Waals surface area (Å²) in [5.74, 6) is 0.610. The van der Waals surface area contributed by atoms with E-state index >= 15 is 0 Å². The number of nitrogens with zero attached hydrogens (tertiary/aromatic N) is 1. The third-order valence-electron chi connectivity index (χ3n) is 3.65. The Bertz CT molecular complexity index is 711. The molecule has 1 N–H and O–H groups in total. The maximum Gasteiger partial charge on any atom is 0.225 e. The number of nitrogens with one attached hydrogen (secondary N) is 1. The second-order valence-electron chi connectivity index (χ2n) is 5.20. The van der Waals surface area contributed by atoms with Crippen LogP contribution in [0.1, 0.15) is 22.7 Å². The number of halogens is 2. The molecule has 0 fully saturated rings. The first-order valence-corrected chi connectivity index (χ1v) is 7.61. The van der Waals surface area contributed by atoms with E-state index in [4.69, 9.17) is 27.9 Å². The molecule has 0 aliphatic carbocycles. The highest BCUT2D eigenvalue weighted by atomic mass is 35.5. The van der Waals surface area contributed by atoms with Crippen molar-refractivity contribution in [3.63, 3.8) is 0 Å². The third kappa shape index (κ3) is 3.03. The zero-order chi connectivity index (χ0) is 15.7. The number of aromatic nitrogens is 1. The summed E-state index contributed by atoms with van der Waals surface area (Å²) in [4.78, 5) is 16.3. The Morgan fingerprint density at radius 2 is 2.27 bits per heavy atom. The van der Waals surface area contributed by atoms with Crippen LogP contribution in [0.3, 0.4) is 0 Å². The summed E-state index contributed by atoms with van der Waals surface area (Å²) in [5, 5.41) is 4.04. The van der Waals surface area contributed by atoms with E-state index in [9.17, 15) is 4.79 Å². The summed E-state index contributed by atoms with van der Waals surface area (Å²) >= 11 is 12.1. The molecule has 6 heteroatoms. The zero-order valence-electron chi connectivity index (χ0n) is 11.9. The van der Waals surface area contributed by atoms with Gasteiger partial charge in [-0.15, -0.1) is 0 Å². The van der Waals surface area contributed by atoms with Gasteiger partial charge in [0.05, 0.1) is 18.7 Å². The van der Waals surface area contributed by atoms with Crippen molar-refractivity contribution >= 4 is 29.1 Å². The summed E-state index contributed by atoms with van der Waals surface area (Å²) in [7, 11) is 0. The Labute approximate surface area is 138 Å². The van der Waals surface area contributed by atoms with Crippen LogP contribution in [0.5, 0.6) is 5.75 Å². The molecule has 1 atom stereocenters. The minimum Gasteiger partial charge on any atom is -0.489 e. The standard InChI is InChI=1S/C16H14Cl2N2O2/c1-9-4-10(17)5-13(18)12(9)6-16(21)20-14-8-22-15-7-19-3-2-11(14)15/h2-5,7,14H,6,8H2,1H3,(H,20,21). The Morgan fingerprint density at radius 1 is 1.45 bits per heavy atom. The van der Waals surface area contributed by atoms with Gasteiger partial charge >= 0.3 is 0 Å². The van der Waals surface area contributed by atoms with Gasteiger partial charge in [-0.1, -0.05) is 23.2 Å². The monoisotopic (exact) mass is 336 g/mol. The molecule has 1 aliphatic heterocycles. The Balaban J connectivity index is 1.72. The van der Waals surface area contributed by atoms with Gasteiger partial charge in [0, 0.05) is 21.8 Å². The van der Waals surface area contributed by atoms with Crippen molar-refractivity contribution in [1.82, 2.24) is 10.3 Å². The van der Waals surface area contributed by atoms with Crippen LogP contribution in [-0.2, 0) is 11.2 Å². The van der Waals surface area contributed by atoms with E-state index in [0.717, 1.165) is 16.7 Å². The quantitative estimate of drug-likeness (QED) is 0.933. The highest BCUT2D eigenvalue weighted by Gasteiger charge is 2.25. The number of ether oxygens (including phenoxy) is 1. The summed E-state index contributed by atoms with van der Waals surface area (Å²) in [6.45, 7) is 2.31. The van der Waals surface area contributed by atoms with E-state index in [1.807, 2.05) is 13.0 Å².